The average Bonchev–Trinajstić information content (AvgIpc) is 2.71. The smallest absolute Gasteiger partial charge is 0.306 e. The van der Waals surface area contributed by atoms with Gasteiger partial charge in [0.05, 0.1) is 25.7 Å². The van der Waals surface area contributed by atoms with Gasteiger partial charge in [-0.1, -0.05) is 35.3 Å². The standard InChI is InChI=1S/C22H25Cl2NO4/c1-3-29-20-12-15(4-7-19(20)28-2)21(17-6-5-16(23)13-18(17)24)25-10-8-14(9-11-25)22(26)27/h4-7,12-14,21H,3,8-11H2,1-2H3,(H,26,27). The number of carboxylic acid groups (broad SMARTS) is 1. The molecule has 0 aliphatic carbocycles. The minimum Gasteiger partial charge on any atom is -0.493 e. The second-order valence-electron chi connectivity index (χ2n) is 7.06. The zero-order valence-electron chi connectivity index (χ0n) is 16.5. The van der Waals surface area contributed by atoms with Gasteiger partial charge >= 0.3 is 5.97 Å². The van der Waals surface area contributed by atoms with Crippen LogP contribution in [0.1, 0.15) is 36.9 Å². The van der Waals surface area contributed by atoms with Crippen LogP contribution in [0, 0.1) is 5.92 Å². The maximum atomic E-state index is 11.4. The van der Waals surface area contributed by atoms with Crippen LogP contribution in [0.3, 0.4) is 0 Å². The zero-order chi connectivity index (χ0) is 21.0. The van der Waals surface area contributed by atoms with Gasteiger partial charge in [0.1, 0.15) is 0 Å². The summed E-state index contributed by atoms with van der Waals surface area (Å²) < 4.78 is 11.2. The molecular weight excluding hydrogens is 413 g/mol. The van der Waals surface area contributed by atoms with E-state index < -0.39 is 5.97 Å². The van der Waals surface area contributed by atoms with Gasteiger partial charge in [0, 0.05) is 10.0 Å². The van der Waals surface area contributed by atoms with Crippen LogP contribution in [-0.2, 0) is 4.79 Å². The fourth-order valence-electron chi connectivity index (χ4n) is 3.85. The number of rotatable bonds is 7. The highest BCUT2D eigenvalue weighted by Crippen LogP contribution is 2.40. The molecule has 29 heavy (non-hydrogen) atoms. The molecule has 1 fully saturated rings. The molecule has 0 radical (unpaired) electrons. The van der Waals surface area contributed by atoms with E-state index in [9.17, 15) is 9.90 Å². The summed E-state index contributed by atoms with van der Waals surface area (Å²) in [5.74, 6) is 0.306. The number of nitrogens with zero attached hydrogens (tertiary/aromatic N) is 1. The van der Waals surface area contributed by atoms with Crippen LogP contribution in [0.15, 0.2) is 36.4 Å². The number of methoxy groups -OCH3 is 1. The molecule has 1 saturated heterocycles. The molecule has 0 bridgehead atoms. The van der Waals surface area contributed by atoms with Gasteiger partial charge in [-0.15, -0.1) is 0 Å². The summed E-state index contributed by atoms with van der Waals surface area (Å²) in [6.07, 6.45) is 1.21. The van der Waals surface area contributed by atoms with Crippen LogP contribution in [0.2, 0.25) is 10.0 Å². The molecule has 1 atom stereocenters. The van der Waals surface area contributed by atoms with Crippen molar-refractivity contribution in [2.45, 2.75) is 25.8 Å². The Morgan fingerprint density at radius 1 is 1.17 bits per heavy atom. The summed E-state index contributed by atoms with van der Waals surface area (Å²) in [6.45, 7) is 3.78. The fraction of sp³-hybridized carbons (Fsp3) is 0.409. The Kier molecular flexibility index (Phi) is 7.28. The lowest BCUT2D eigenvalue weighted by atomic mass is 9.91. The van der Waals surface area contributed by atoms with Gasteiger partial charge in [0.15, 0.2) is 11.5 Å². The predicted octanol–water partition coefficient (Wildman–Crippen LogP) is 5.29. The van der Waals surface area contributed by atoms with Crippen LogP contribution in [0.25, 0.3) is 0 Å². The lowest BCUT2D eigenvalue weighted by Crippen LogP contribution is -2.39. The topological polar surface area (TPSA) is 59.0 Å². The van der Waals surface area contributed by atoms with Crippen LogP contribution in [-0.4, -0.2) is 42.8 Å². The monoisotopic (exact) mass is 437 g/mol. The highest BCUT2D eigenvalue weighted by molar-refractivity contribution is 6.35. The van der Waals surface area contributed by atoms with Gasteiger partial charge in [-0.3, -0.25) is 9.69 Å². The molecule has 1 unspecified atom stereocenters. The first kappa shape index (κ1) is 21.8. The summed E-state index contributed by atoms with van der Waals surface area (Å²) in [5, 5.41) is 10.5. The van der Waals surface area contributed by atoms with Gasteiger partial charge in [-0.2, -0.15) is 0 Å². The minimum atomic E-state index is -0.728. The molecule has 2 aromatic carbocycles. The summed E-state index contributed by atoms with van der Waals surface area (Å²) in [6, 6.07) is 11.2. The molecule has 1 N–H and O–H groups in total. The number of benzene rings is 2. The van der Waals surface area contributed by atoms with E-state index in [1.807, 2.05) is 37.3 Å². The second kappa shape index (κ2) is 9.70. The summed E-state index contributed by atoms with van der Waals surface area (Å²) in [4.78, 5) is 13.6. The zero-order valence-corrected chi connectivity index (χ0v) is 18.0. The van der Waals surface area contributed by atoms with Gasteiger partial charge < -0.3 is 14.6 Å². The normalized spacial score (nSPS) is 16.4. The number of halogens is 2. The fourth-order valence-corrected chi connectivity index (χ4v) is 4.36. The molecule has 0 amide bonds. The Morgan fingerprint density at radius 2 is 1.90 bits per heavy atom. The first-order valence-corrected chi connectivity index (χ1v) is 10.4. The maximum Gasteiger partial charge on any atom is 0.306 e. The molecule has 1 aliphatic rings. The molecule has 1 heterocycles. The summed E-state index contributed by atoms with van der Waals surface area (Å²) in [5.41, 5.74) is 1.93. The van der Waals surface area contributed by atoms with Gasteiger partial charge in [0.2, 0.25) is 0 Å². The largest absolute Gasteiger partial charge is 0.493 e. The van der Waals surface area contributed by atoms with E-state index in [1.54, 1.807) is 13.2 Å². The molecule has 0 saturated carbocycles. The molecule has 0 aromatic heterocycles. The Labute approximate surface area is 181 Å². The van der Waals surface area contributed by atoms with Crippen molar-refractivity contribution in [1.29, 1.82) is 0 Å². The molecule has 1 aliphatic heterocycles. The number of aliphatic carboxylic acids is 1. The summed E-state index contributed by atoms with van der Waals surface area (Å²) in [7, 11) is 1.61. The molecule has 2 aromatic rings. The lowest BCUT2D eigenvalue weighted by molar-refractivity contribution is -0.143. The quantitative estimate of drug-likeness (QED) is 0.637. The Hall–Kier alpha value is -1.95. The molecule has 156 valence electrons. The molecular formula is C22H25Cl2NO4. The number of carboxylic acids is 1. The number of likely N-dealkylation sites (tertiary alicyclic amines) is 1. The Balaban J connectivity index is 2.02. The highest BCUT2D eigenvalue weighted by atomic mass is 35.5. The SMILES string of the molecule is CCOc1cc(C(c2ccc(Cl)cc2Cl)N2CCC(C(=O)O)CC2)ccc1OC. The van der Waals surface area contributed by atoms with E-state index in [0.717, 1.165) is 11.1 Å². The summed E-state index contributed by atoms with van der Waals surface area (Å²) >= 11 is 12.7. The van der Waals surface area contributed by atoms with Gasteiger partial charge in [0.25, 0.3) is 0 Å². The third-order valence-electron chi connectivity index (χ3n) is 5.30. The molecule has 7 heteroatoms. The average molecular weight is 438 g/mol. The predicted molar refractivity (Wildman–Crippen MR) is 114 cm³/mol. The van der Waals surface area contributed by atoms with Crippen LogP contribution in [0.5, 0.6) is 11.5 Å². The molecule has 0 spiro atoms. The number of ether oxygens (including phenoxy) is 2. The lowest BCUT2D eigenvalue weighted by Gasteiger charge is -2.37. The van der Waals surface area contributed by atoms with Crippen LogP contribution < -0.4 is 9.47 Å². The van der Waals surface area contributed by atoms with Crippen molar-refractivity contribution in [1.82, 2.24) is 4.90 Å². The van der Waals surface area contributed by atoms with Crippen molar-refractivity contribution in [3.05, 3.63) is 57.6 Å². The van der Waals surface area contributed by atoms with Crippen molar-refractivity contribution in [3.63, 3.8) is 0 Å². The first-order valence-electron chi connectivity index (χ1n) is 9.67. The van der Waals surface area contributed by atoms with E-state index in [2.05, 4.69) is 4.90 Å². The molecule has 3 rings (SSSR count). The van der Waals surface area contributed by atoms with Crippen molar-refractivity contribution in [3.8, 4) is 11.5 Å². The maximum absolute atomic E-state index is 11.4. The van der Waals surface area contributed by atoms with Crippen molar-refractivity contribution >= 4 is 29.2 Å². The third-order valence-corrected chi connectivity index (χ3v) is 5.87. The van der Waals surface area contributed by atoms with Crippen LogP contribution >= 0.6 is 23.2 Å². The number of hydrogen-bond donors (Lipinski definition) is 1. The number of carbonyl (C=O) groups is 1. The van der Waals surface area contributed by atoms with Crippen molar-refractivity contribution < 1.29 is 19.4 Å². The van der Waals surface area contributed by atoms with E-state index in [4.69, 9.17) is 32.7 Å². The van der Waals surface area contributed by atoms with E-state index in [0.29, 0.717) is 54.1 Å². The molecule has 5 nitrogen and oxygen atoms in total. The Bertz CT molecular complexity index is 866. The van der Waals surface area contributed by atoms with E-state index in [1.165, 1.54) is 0 Å². The van der Waals surface area contributed by atoms with Gasteiger partial charge in [-0.05, 0) is 68.2 Å². The van der Waals surface area contributed by atoms with Crippen LogP contribution in [0.4, 0.5) is 0 Å². The number of hydrogen-bond acceptors (Lipinski definition) is 4. The second-order valence-corrected chi connectivity index (χ2v) is 7.90. The Morgan fingerprint density at radius 3 is 2.48 bits per heavy atom. The third kappa shape index (κ3) is 4.97. The number of piperidine rings is 1. The van der Waals surface area contributed by atoms with Crippen molar-refractivity contribution in [2.24, 2.45) is 5.92 Å². The first-order chi connectivity index (χ1) is 13.9. The highest BCUT2D eigenvalue weighted by Gasteiger charge is 2.31. The van der Waals surface area contributed by atoms with E-state index >= 15 is 0 Å². The van der Waals surface area contributed by atoms with Crippen molar-refractivity contribution in [2.75, 3.05) is 26.8 Å². The van der Waals surface area contributed by atoms with E-state index in [-0.39, 0.29) is 12.0 Å². The van der Waals surface area contributed by atoms with Gasteiger partial charge in [-0.25, -0.2) is 0 Å². The minimum absolute atomic E-state index is 0.139.